The van der Waals surface area contributed by atoms with Gasteiger partial charge in [0.25, 0.3) is 0 Å². The van der Waals surface area contributed by atoms with E-state index in [1.807, 2.05) is 18.7 Å². The average Bonchev–Trinajstić information content (AvgIpc) is 1.91. The van der Waals surface area contributed by atoms with Crippen molar-refractivity contribution in [2.45, 2.75) is 19.4 Å². The molecule has 0 saturated carbocycles. The van der Waals surface area contributed by atoms with Crippen molar-refractivity contribution in [1.82, 2.24) is 4.72 Å². The molecule has 0 amide bonds. The average molecular weight is 211 g/mol. The van der Waals surface area contributed by atoms with Crippen molar-refractivity contribution in [3.05, 3.63) is 0 Å². The highest BCUT2D eigenvalue weighted by Gasteiger charge is 2.24. The molecule has 1 saturated heterocycles. The van der Waals surface area contributed by atoms with Crippen LogP contribution in [-0.2, 0) is 10.3 Å². The van der Waals surface area contributed by atoms with Gasteiger partial charge in [-0.15, -0.1) is 0 Å². The first-order valence-electron chi connectivity index (χ1n) is 3.81. The minimum atomic E-state index is -4.02. The predicted octanol–water partition coefficient (Wildman–Crippen LogP) is 0.520. The third-order valence-electron chi connectivity index (χ3n) is 1.94. The SMILES string of the molecule is C[C@@H]1CSCC[C@@H]1NS(=O)(=O)O. The third kappa shape index (κ3) is 3.30. The molecule has 1 heterocycles. The zero-order valence-electron chi connectivity index (χ0n) is 6.86. The summed E-state index contributed by atoms with van der Waals surface area (Å²) >= 11 is 1.82. The van der Waals surface area contributed by atoms with Gasteiger partial charge >= 0.3 is 10.3 Å². The van der Waals surface area contributed by atoms with Crippen molar-refractivity contribution >= 4 is 22.1 Å². The van der Waals surface area contributed by atoms with Gasteiger partial charge in [0.1, 0.15) is 0 Å². The lowest BCUT2D eigenvalue weighted by Gasteiger charge is -2.27. The normalized spacial score (nSPS) is 31.8. The van der Waals surface area contributed by atoms with E-state index in [1.54, 1.807) is 0 Å². The van der Waals surface area contributed by atoms with Gasteiger partial charge in [0.2, 0.25) is 0 Å². The first-order chi connectivity index (χ1) is 5.49. The van der Waals surface area contributed by atoms with Crippen molar-refractivity contribution < 1.29 is 13.0 Å². The van der Waals surface area contributed by atoms with E-state index in [1.165, 1.54) is 0 Å². The van der Waals surface area contributed by atoms with Gasteiger partial charge in [0.05, 0.1) is 0 Å². The van der Waals surface area contributed by atoms with Crippen LogP contribution in [0.3, 0.4) is 0 Å². The Morgan fingerprint density at radius 2 is 2.25 bits per heavy atom. The molecule has 0 spiro atoms. The summed E-state index contributed by atoms with van der Waals surface area (Å²) in [7, 11) is -4.02. The lowest BCUT2D eigenvalue weighted by molar-refractivity contribution is 0.401. The van der Waals surface area contributed by atoms with E-state index in [0.29, 0.717) is 5.92 Å². The monoisotopic (exact) mass is 211 g/mol. The van der Waals surface area contributed by atoms with Gasteiger partial charge in [-0.2, -0.15) is 24.9 Å². The summed E-state index contributed by atoms with van der Waals surface area (Å²) in [6, 6.07) is -0.0961. The fourth-order valence-electron chi connectivity index (χ4n) is 1.25. The van der Waals surface area contributed by atoms with E-state index in [-0.39, 0.29) is 6.04 Å². The zero-order valence-corrected chi connectivity index (χ0v) is 8.49. The van der Waals surface area contributed by atoms with Crippen LogP contribution in [0, 0.1) is 5.92 Å². The lowest BCUT2D eigenvalue weighted by Crippen LogP contribution is -2.42. The van der Waals surface area contributed by atoms with E-state index < -0.39 is 10.3 Å². The second-order valence-corrected chi connectivity index (χ2v) is 5.38. The molecule has 4 nitrogen and oxygen atoms in total. The lowest BCUT2D eigenvalue weighted by atomic mass is 10.0. The minimum Gasteiger partial charge on any atom is -0.273 e. The molecule has 6 heteroatoms. The smallest absolute Gasteiger partial charge is 0.273 e. The molecule has 0 unspecified atom stereocenters. The van der Waals surface area contributed by atoms with E-state index >= 15 is 0 Å². The second-order valence-electron chi connectivity index (χ2n) is 3.04. The molecule has 0 bridgehead atoms. The quantitative estimate of drug-likeness (QED) is 0.654. The molecule has 0 aromatic heterocycles. The first-order valence-corrected chi connectivity index (χ1v) is 6.41. The molecule has 0 aromatic rings. The molecule has 1 aliphatic heterocycles. The Bertz CT molecular complexity index is 239. The topological polar surface area (TPSA) is 66.4 Å². The summed E-state index contributed by atoms with van der Waals surface area (Å²) in [5.74, 6) is 2.20. The first kappa shape index (κ1) is 10.3. The van der Waals surface area contributed by atoms with Crippen LogP contribution in [0.4, 0.5) is 0 Å². The Hall–Kier alpha value is 0.220. The molecule has 1 aliphatic rings. The van der Waals surface area contributed by atoms with Crippen LogP contribution in [0.15, 0.2) is 0 Å². The summed E-state index contributed by atoms with van der Waals surface area (Å²) in [6.45, 7) is 1.98. The van der Waals surface area contributed by atoms with Crippen LogP contribution in [0.2, 0.25) is 0 Å². The number of hydrogen-bond acceptors (Lipinski definition) is 3. The molecule has 2 atom stereocenters. The minimum absolute atomic E-state index is 0.0961. The standard InChI is InChI=1S/C6H13NO3S2/c1-5-4-11-3-2-6(5)7-12(8,9)10/h5-7H,2-4H2,1H3,(H,8,9,10)/t5-,6+/m1/s1. The Morgan fingerprint density at radius 3 is 2.75 bits per heavy atom. The summed E-state index contributed by atoms with van der Waals surface area (Å²) in [5.41, 5.74) is 0. The van der Waals surface area contributed by atoms with Crippen LogP contribution in [0.5, 0.6) is 0 Å². The van der Waals surface area contributed by atoms with E-state index in [0.717, 1.165) is 17.9 Å². The van der Waals surface area contributed by atoms with Crippen molar-refractivity contribution in [1.29, 1.82) is 0 Å². The fourth-order valence-corrected chi connectivity index (χ4v) is 3.17. The Kier molecular flexibility index (Phi) is 3.39. The maximum Gasteiger partial charge on any atom is 0.333 e. The molecule has 1 rings (SSSR count). The Morgan fingerprint density at radius 1 is 1.58 bits per heavy atom. The van der Waals surface area contributed by atoms with Crippen molar-refractivity contribution in [3.8, 4) is 0 Å². The van der Waals surface area contributed by atoms with Gasteiger partial charge in [0.15, 0.2) is 0 Å². The molecule has 2 N–H and O–H groups in total. The molecule has 0 radical (unpaired) electrons. The van der Waals surface area contributed by atoms with Gasteiger partial charge in [-0.1, -0.05) is 6.92 Å². The Balaban J connectivity index is 2.50. The number of rotatable bonds is 2. The highest BCUT2D eigenvalue weighted by atomic mass is 32.2. The maximum atomic E-state index is 10.5. The van der Waals surface area contributed by atoms with E-state index in [4.69, 9.17) is 4.55 Å². The van der Waals surface area contributed by atoms with Crippen LogP contribution in [-0.4, -0.2) is 30.5 Å². The largest absolute Gasteiger partial charge is 0.333 e. The molecule has 0 aliphatic carbocycles. The summed E-state index contributed by atoms with van der Waals surface area (Å²) in [6.07, 6.45) is 0.797. The van der Waals surface area contributed by atoms with E-state index in [9.17, 15) is 8.42 Å². The van der Waals surface area contributed by atoms with Gasteiger partial charge in [-0.3, -0.25) is 4.55 Å². The molecule has 12 heavy (non-hydrogen) atoms. The highest BCUT2D eigenvalue weighted by Crippen LogP contribution is 2.22. The predicted molar refractivity (Wildman–Crippen MR) is 49.6 cm³/mol. The van der Waals surface area contributed by atoms with Crippen LogP contribution < -0.4 is 4.72 Å². The molecular formula is C6H13NO3S2. The number of hydrogen-bond donors (Lipinski definition) is 2. The van der Waals surface area contributed by atoms with Crippen molar-refractivity contribution in [2.24, 2.45) is 5.92 Å². The summed E-state index contributed by atoms with van der Waals surface area (Å²) < 4.78 is 31.7. The fraction of sp³-hybridized carbons (Fsp3) is 1.00. The second kappa shape index (κ2) is 3.95. The van der Waals surface area contributed by atoms with Crippen molar-refractivity contribution in [3.63, 3.8) is 0 Å². The maximum absolute atomic E-state index is 10.5. The highest BCUT2D eigenvalue weighted by molar-refractivity contribution is 7.99. The zero-order chi connectivity index (χ0) is 9.19. The summed E-state index contributed by atoms with van der Waals surface area (Å²) in [5, 5.41) is 0. The van der Waals surface area contributed by atoms with Crippen LogP contribution in [0.1, 0.15) is 13.3 Å². The van der Waals surface area contributed by atoms with Crippen LogP contribution in [0.25, 0.3) is 0 Å². The van der Waals surface area contributed by atoms with Gasteiger partial charge < -0.3 is 0 Å². The van der Waals surface area contributed by atoms with Crippen LogP contribution >= 0.6 is 11.8 Å². The van der Waals surface area contributed by atoms with E-state index in [2.05, 4.69) is 4.72 Å². The summed E-state index contributed by atoms with van der Waals surface area (Å²) in [4.78, 5) is 0. The van der Waals surface area contributed by atoms with Crippen molar-refractivity contribution in [2.75, 3.05) is 11.5 Å². The Labute approximate surface area is 77.0 Å². The number of nitrogens with one attached hydrogen (secondary N) is 1. The van der Waals surface area contributed by atoms with Gasteiger partial charge in [-0.25, -0.2) is 0 Å². The molecular weight excluding hydrogens is 198 g/mol. The van der Waals surface area contributed by atoms with Gasteiger partial charge in [0, 0.05) is 6.04 Å². The molecule has 72 valence electrons. The number of thioether (sulfide) groups is 1. The molecule has 0 aromatic carbocycles. The van der Waals surface area contributed by atoms with Gasteiger partial charge in [-0.05, 0) is 23.8 Å². The third-order valence-corrected chi connectivity index (χ3v) is 3.83. The molecule has 1 fully saturated rings.